The quantitative estimate of drug-likeness (QED) is 0.855. The van der Waals surface area contributed by atoms with Crippen molar-refractivity contribution in [3.05, 3.63) is 28.8 Å². The van der Waals surface area contributed by atoms with E-state index in [2.05, 4.69) is 32.3 Å². The van der Waals surface area contributed by atoms with Gasteiger partial charge in [-0.3, -0.25) is 0 Å². The topological polar surface area (TPSA) is 32.3 Å². The third kappa shape index (κ3) is 3.09. The normalized spacial score (nSPS) is 23.4. The molecule has 0 heterocycles. The van der Waals surface area contributed by atoms with E-state index in [1.165, 1.54) is 23.3 Å². The van der Waals surface area contributed by atoms with Gasteiger partial charge >= 0.3 is 0 Å². The molecule has 2 rings (SSSR count). The van der Waals surface area contributed by atoms with Crippen LogP contribution >= 0.6 is 11.8 Å². The van der Waals surface area contributed by atoms with Gasteiger partial charge in [0.1, 0.15) is 5.75 Å². The Morgan fingerprint density at radius 3 is 2.84 bits per heavy atom. The van der Waals surface area contributed by atoms with E-state index in [-0.39, 0.29) is 0 Å². The number of hydrogen-bond donors (Lipinski definition) is 2. The number of fused-ring (bicyclic) bond motifs is 1. The molecule has 2 nitrogen and oxygen atoms in total. The van der Waals surface area contributed by atoms with Gasteiger partial charge in [0.25, 0.3) is 0 Å². The monoisotopic (exact) mass is 279 g/mol. The second-order valence-electron chi connectivity index (χ2n) is 5.77. The van der Waals surface area contributed by atoms with Crippen LogP contribution < -0.4 is 5.32 Å². The molecule has 3 heteroatoms. The first kappa shape index (κ1) is 14.7. The maximum Gasteiger partial charge on any atom is 0.120 e. The molecule has 0 saturated heterocycles. The standard InChI is InChI=1S/C16H25NOS/c1-10-5-6-14(18)16-13(9-11(2)15(10)16)17-12(3)7-8-19-4/h5-6,11-13,17-18H,7-9H2,1-4H3. The summed E-state index contributed by atoms with van der Waals surface area (Å²) in [6, 6.07) is 4.68. The summed E-state index contributed by atoms with van der Waals surface area (Å²) in [6.45, 7) is 6.65. The summed E-state index contributed by atoms with van der Waals surface area (Å²) in [5.74, 6) is 2.18. The highest BCUT2D eigenvalue weighted by molar-refractivity contribution is 7.98. The molecule has 0 aromatic heterocycles. The van der Waals surface area contributed by atoms with Crippen molar-refractivity contribution in [2.24, 2.45) is 0 Å². The van der Waals surface area contributed by atoms with Crippen LogP contribution in [0.25, 0.3) is 0 Å². The second kappa shape index (κ2) is 6.19. The van der Waals surface area contributed by atoms with Crippen molar-refractivity contribution in [3.8, 4) is 5.75 Å². The van der Waals surface area contributed by atoms with E-state index >= 15 is 0 Å². The Hall–Kier alpha value is -0.670. The van der Waals surface area contributed by atoms with Crippen LogP contribution in [-0.4, -0.2) is 23.2 Å². The maximum atomic E-state index is 10.2. The molecule has 1 aromatic carbocycles. The van der Waals surface area contributed by atoms with Gasteiger partial charge in [0, 0.05) is 17.6 Å². The highest BCUT2D eigenvalue weighted by Crippen LogP contribution is 2.46. The zero-order chi connectivity index (χ0) is 14.0. The average molecular weight is 279 g/mol. The minimum atomic E-state index is 0.307. The lowest BCUT2D eigenvalue weighted by atomic mass is 9.97. The van der Waals surface area contributed by atoms with E-state index in [4.69, 9.17) is 0 Å². The first-order valence-electron chi connectivity index (χ1n) is 7.12. The summed E-state index contributed by atoms with van der Waals surface area (Å²) >= 11 is 1.89. The van der Waals surface area contributed by atoms with Crippen molar-refractivity contribution >= 4 is 11.8 Å². The number of aryl methyl sites for hydroxylation is 1. The van der Waals surface area contributed by atoms with Gasteiger partial charge in [0.05, 0.1) is 0 Å². The molecule has 0 spiro atoms. The number of hydrogen-bond acceptors (Lipinski definition) is 3. The molecule has 0 radical (unpaired) electrons. The van der Waals surface area contributed by atoms with Gasteiger partial charge in [0.2, 0.25) is 0 Å². The largest absolute Gasteiger partial charge is 0.508 e. The number of rotatable bonds is 5. The molecule has 1 aliphatic rings. The van der Waals surface area contributed by atoms with Gasteiger partial charge < -0.3 is 10.4 Å². The van der Waals surface area contributed by atoms with E-state index in [1.807, 2.05) is 23.9 Å². The molecule has 0 amide bonds. The van der Waals surface area contributed by atoms with Crippen LogP contribution in [-0.2, 0) is 0 Å². The Bertz CT molecular complexity index is 447. The summed E-state index contributed by atoms with van der Waals surface area (Å²) < 4.78 is 0. The Balaban J connectivity index is 2.17. The molecule has 0 fully saturated rings. The lowest BCUT2D eigenvalue weighted by Crippen LogP contribution is -2.30. The lowest BCUT2D eigenvalue weighted by Gasteiger charge is -2.21. The molecule has 3 unspecified atom stereocenters. The summed E-state index contributed by atoms with van der Waals surface area (Å²) in [5.41, 5.74) is 3.81. The van der Waals surface area contributed by atoms with Gasteiger partial charge in [-0.2, -0.15) is 11.8 Å². The third-order valence-electron chi connectivity index (χ3n) is 4.15. The van der Waals surface area contributed by atoms with Gasteiger partial charge in [-0.25, -0.2) is 0 Å². The highest BCUT2D eigenvalue weighted by atomic mass is 32.2. The number of phenolic OH excluding ortho intramolecular Hbond substituents is 1. The Morgan fingerprint density at radius 2 is 2.16 bits per heavy atom. The molecule has 1 aromatic rings. The molecule has 3 atom stereocenters. The minimum absolute atomic E-state index is 0.307. The zero-order valence-electron chi connectivity index (χ0n) is 12.4. The summed E-state index contributed by atoms with van der Waals surface area (Å²) in [4.78, 5) is 0. The van der Waals surface area contributed by atoms with E-state index in [1.54, 1.807) is 0 Å². The molecule has 0 aliphatic heterocycles. The molecule has 106 valence electrons. The van der Waals surface area contributed by atoms with Crippen molar-refractivity contribution in [2.75, 3.05) is 12.0 Å². The Kier molecular flexibility index (Phi) is 4.80. The Morgan fingerprint density at radius 1 is 1.42 bits per heavy atom. The molecule has 0 bridgehead atoms. The highest BCUT2D eigenvalue weighted by Gasteiger charge is 2.32. The van der Waals surface area contributed by atoms with Crippen molar-refractivity contribution < 1.29 is 5.11 Å². The minimum Gasteiger partial charge on any atom is -0.508 e. The van der Waals surface area contributed by atoms with Gasteiger partial charge in [0.15, 0.2) is 0 Å². The fourth-order valence-electron chi connectivity index (χ4n) is 3.22. The summed E-state index contributed by atoms with van der Waals surface area (Å²) in [6.07, 6.45) is 4.42. The van der Waals surface area contributed by atoms with Crippen molar-refractivity contribution in [1.29, 1.82) is 0 Å². The van der Waals surface area contributed by atoms with Gasteiger partial charge in [-0.15, -0.1) is 0 Å². The van der Waals surface area contributed by atoms with E-state index in [0.717, 1.165) is 12.0 Å². The van der Waals surface area contributed by atoms with Crippen LogP contribution in [0.5, 0.6) is 5.75 Å². The van der Waals surface area contributed by atoms with Crippen LogP contribution in [0.3, 0.4) is 0 Å². The fraction of sp³-hybridized carbons (Fsp3) is 0.625. The molecular formula is C16H25NOS. The Labute approximate surface area is 121 Å². The van der Waals surface area contributed by atoms with Crippen LogP contribution in [0, 0.1) is 6.92 Å². The van der Waals surface area contributed by atoms with E-state index in [0.29, 0.717) is 23.8 Å². The first-order valence-corrected chi connectivity index (χ1v) is 8.51. The van der Waals surface area contributed by atoms with Crippen LogP contribution in [0.1, 0.15) is 55.3 Å². The van der Waals surface area contributed by atoms with Crippen molar-refractivity contribution in [3.63, 3.8) is 0 Å². The van der Waals surface area contributed by atoms with E-state index < -0.39 is 0 Å². The zero-order valence-corrected chi connectivity index (χ0v) is 13.2. The fourth-order valence-corrected chi connectivity index (χ4v) is 3.81. The predicted octanol–water partition coefficient (Wildman–Crippen LogP) is 3.98. The number of phenols is 1. The molecule has 1 aliphatic carbocycles. The average Bonchev–Trinajstić information content (AvgIpc) is 2.69. The summed E-state index contributed by atoms with van der Waals surface area (Å²) in [5, 5.41) is 13.9. The molecular weight excluding hydrogens is 254 g/mol. The second-order valence-corrected chi connectivity index (χ2v) is 6.75. The van der Waals surface area contributed by atoms with Crippen LogP contribution in [0.2, 0.25) is 0 Å². The third-order valence-corrected chi connectivity index (χ3v) is 4.80. The number of aromatic hydroxyl groups is 1. The lowest BCUT2D eigenvalue weighted by molar-refractivity contribution is 0.413. The molecule has 2 N–H and O–H groups in total. The van der Waals surface area contributed by atoms with Gasteiger partial charge in [-0.05, 0) is 61.8 Å². The summed E-state index contributed by atoms with van der Waals surface area (Å²) in [7, 11) is 0. The van der Waals surface area contributed by atoms with Crippen LogP contribution in [0.4, 0.5) is 0 Å². The maximum absolute atomic E-state index is 10.2. The number of benzene rings is 1. The molecule has 19 heavy (non-hydrogen) atoms. The van der Waals surface area contributed by atoms with Crippen molar-refractivity contribution in [1.82, 2.24) is 5.32 Å². The first-order chi connectivity index (χ1) is 9.04. The van der Waals surface area contributed by atoms with E-state index in [9.17, 15) is 5.11 Å². The van der Waals surface area contributed by atoms with Crippen molar-refractivity contribution in [2.45, 2.75) is 51.6 Å². The number of nitrogens with one attached hydrogen (secondary N) is 1. The SMILES string of the molecule is CSCCC(C)NC1CC(C)c2c(C)ccc(O)c21. The van der Waals surface area contributed by atoms with Crippen LogP contribution in [0.15, 0.2) is 12.1 Å². The smallest absolute Gasteiger partial charge is 0.120 e. The molecule has 0 saturated carbocycles. The van der Waals surface area contributed by atoms with Gasteiger partial charge in [-0.1, -0.05) is 13.0 Å². The number of thioether (sulfide) groups is 1. The predicted molar refractivity (Wildman–Crippen MR) is 84.2 cm³/mol.